The molecule has 0 saturated heterocycles. The standard InChI is InChI=1S/C81H149NO8/c1-6-8-10-12-14-16-18-20-22-24-26-28-30-32-34-36-38-39-40-41-42-44-46-48-50-52-54-56-58-60-62-64-66-68-70-72-79(84)90-77(76-89-81(80(85)86)87-74-73-82(3,4)5)75-88-78(83)71-69-67-65-63-61-59-57-55-53-51-49-47-45-43-37-35-33-31-29-27-25-23-21-19-17-15-13-11-9-7-2/h8,10,14,16,20,22,26,28,32,34,77,81H,6-7,9,11-13,15,17-19,21,23-25,27,29-31,33,35-76H2,1-5H3/p+1/b10-8-,16-14-,22-20-,28-26-,34-32-. The summed E-state index contributed by atoms with van der Waals surface area (Å²) in [5.74, 6) is -1.97. The van der Waals surface area contributed by atoms with Gasteiger partial charge in [0.1, 0.15) is 13.2 Å². The number of esters is 2. The van der Waals surface area contributed by atoms with Crippen molar-refractivity contribution in [2.24, 2.45) is 0 Å². The monoisotopic (exact) mass is 1270 g/mol. The van der Waals surface area contributed by atoms with Crippen molar-refractivity contribution in [2.75, 3.05) is 47.5 Å². The summed E-state index contributed by atoms with van der Waals surface area (Å²) in [5, 5.41) is 9.77. The van der Waals surface area contributed by atoms with Crippen LogP contribution in [0, 0.1) is 0 Å². The lowest BCUT2D eigenvalue weighted by Gasteiger charge is -2.25. The molecule has 526 valence electrons. The van der Waals surface area contributed by atoms with Gasteiger partial charge in [-0.05, 0) is 57.8 Å². The number of quaternary nitrogens is 1. The summed E-state index contributed by atoms with van der Waals surface area (Å²) in [7, 11) is 6.00. The number of hydrogen-bond donors (Lipinski definition) is 1. The highest BCUT2D eigenvalue weighted by atomic mass is 16.7. The van der Waals surface area contributed by atoms with Crippen molar-refractivity contribution in [1.82, 2.24) is 0 Å². The summed E-state index contributed by atoms with van der Waals surface area (Å²) < 4.78 is 23.1. The molecule has 0 fully saturated rings. The molecule has 90 heavy (non-hydrogen) atoms. The molecule has 2 atom stereocenters. The van der Waals surface area contributed by atoms with Crippen molar-refractivity contribution in [2.45, 2.75) is 392 Å². The molecule has 0 aromatic carbocycles. The van der Waals surface area contributed by atoms with Crippen LogP contribution in [0.25, 0.3) is 0 Å². The van der Waals surface area contributed by atoms with E-state index < -0.39 is 18.4 Å². The minimum Gasteiger partial charge on any atom is -0.477 e. The van der Waals surface area contributed by atoms with Crippen LogP contribution in [0.3, 0.4) is 0 Å². The second-order valence-electron chi connectivity index (χ2n) is 27.7. The van der Waals surface area contributed by atoms with Crippen LogP contribution in [-0.2, 0) is 33.3 Å². The molecule has 0 aliphatic carbocycles. The second kappa shape index (κ2) is 71.8. The van der Waals surface area contributed by atoms with E-state index in [0.717, 1.165) is 70.6 Å². The molecule has 0 rings (SSSR count). The van der Waals surface area contributed by atoms with Gasteiger partial charge in [0.05, 0.1) is 34.4 Å². The molecular weight excluding hydrogens is 1110 g/mol. The first-order valence-electron chi connectivity index (χ1n) is 39.0. The molecule has 0 aromatic rings. The number of hydrogen-bond acceptors (Lipinski definition) is 7. The molecule has 0 saturated carbocycles. The number of ether oxygens (including phenoxy) is 4. The number of carbonyl (C=O) groups excluding carboxylic acids is 2. The molecule has 0 aromatic heterocycles. The van der Waals surface area contributed by atoms with Crippen molar-refractivity contribution in [1.29, 1.82) is 0 Å². The Balaban J connectivity index is 4.00. The molecular formula is C81H150NO8+. The van der Waals surface area contributed by atoms with Crippen LogP contribution >= 0.6 is 0 Å². The average Bonchev–Trinajstić information content (AvgIpc) is 3.73. The maximum absolute atomic E-state index is 13.0. The van der Waals surface area contributed by atoms with Gasteiger partial charge < -0.3 is 28.5 Å². The minimum atomic E-state index is -1.51. The van der Waals surface area contributed by atoms with Crippen LogP contribution in [0.4, 0.5) is 0 Å². The van der Waals surface area contributed by atoms with E-state index in [2.05, 4.69) is 74.6 Å². The molecule has 0 radical (unpaired) electrons. The summed E-state index contributed by atoms with van der Waals surface area (Å²) in [6.07, 6.45) is 92.3. The number of carboxylic acids is 1. The molecule has 9 heteroatoms. The Morgan fingerprint density at radius 1 is 0.344 bits per heavy atom. The fourth-order valence-electron chi connectivity index (χ4n) is 11.6. The van der Waals surface area contributed by atoms with Crippen molar-refractivity contribution in [3.05, 3.63) is 60.8 Å². The molecule has 0 aliphatic rings. The Morgan fingerprint density at radius 2 is 0.633 bits per heavy atom. The van der Waals surface area contributed by atoms with E-state index in [1.54, 1.807) is 0 Å². The van der Waals surface area contributed by atoms with Crippen LogP contribution < -0.4 is 0 Å². The van der Waals surface area contributed by atoms with Crippen molar-refractivity contribution >= 4 is 17.9 Å². The highest BCUT2D eigenvalue weighted by molar-refractivity contribution is 5.71. The normalized spacial score (nSPS) is 12.9. The highest BCUT2D eigenvalue weighted by Gasteiger charge is 2.25. The third-order valence-corrected chi connectivity index (χ3v) is 17.5. The maximum Gasteiger partial charge on any atom is 0.361 e. The molecule has 0 amide bonds. The summed E-state index contributed by atoms with van der Waals surface area (Å²) in [5.41, 5.74) is 0. The Labute approximate surface area is 558 Å². The number of carbonyl (C=O) groups is 3. The van der Waals surface area contributed by atoms with E-state index in [9.17, 15) is 19.5 Å². The quantitative estimate of drug-likeness (QED) is 0.0211. The fourth-order valence-corrected chi connectivity index (χ4v) is 11.6. The van der Waals surface area contributed by atoms with Gasteiger partial charge in [-0.25, -0.2) is 4.79 Å². The van der Waals surface area contributed by atoms with Gasteiger partial charge in [0, 0.05) is 12.8 Å². The molecule has 9 nitrogen and oxygen atoms in total. The predicted molar refractivity (Wildman–Crippen MR) is 387 cm³/mol. The van der Waals surface area contributed by atoms with E-state index >= 15 is 0 Å². The number of aliphatic carboxylic acids is 1. The number of nitrogens with zero attached hydrogens (tertiary/aromatic N) is 1. The summed E-state index contributed by atoms with van der Waals surface area (Å²) in [4.78, 5) is 37.7. The Morgan fingerprint density at radius 3 is 0.944 bits per heavy atom. The van der Waals surface area contributed by atoms with Crippen molar-refractivity contribution < 1.29 is 42.9 Å². The topological polar surface area (TPSA) is 108 Å². The predicted octanol–water partition coefficient (Wildman–Crippen LogP) is 24.6. The lowest BCUT2D eigenvalue weighted by atomic mass is 10.0. The van der Waals surface area contributed by atoms with Crippen LogP contribution in [-0.4, -0.2) is 87.4 Å². The Hall–Kier alpha value is -3.01. The van der Waals surface area contributed by atoms with E-state index in [-0.39, 0.29) is 38.2 Å². The summed E-state index contributed by atoms with van der Waals surface area (Å²) in [6, 6.07) is 0. The molecule has 1 N–H and O–H groups in total. The highest BCUT2D eigenvalue weighted by Crippen LogP contribution is 2.20. The lowest BCUT2D eigenvalue weighted by Crippen LogP contribution is -2.40. The third-order valence-electron chi connectivity index (χ3n) is 17.5. The van der Waals surface area contributed by atoms with Gasteiger partial charge in [0.2, 0.25) is 0 Å². The number of allylic oxidation sites excluding steroid dienone is 10. The summed E-state index contributed by atoms with van der Waals surface area (Å²) >= 11 is 0. The first kappa shape index (κ1) is 87.0. The molecule has 0 aliphatic heterocycles. The van der Waals surface area contributed by atoms with Gasteiger partial charge in [-0.3, -0.25) is 9.59 Å². The zero-order valence-electron chi connectivity index (χ0n) is 60.3. The number of unbranched alkanes of at least 4 members (excludes halogenated alkanes) is 48. The lowest BCUT2D eigenvalue weighted by molar-refractivity contribution is -0.870. The van der Waals surface area contributed by atoms with E-state index in [1.807, 2.05) is 21.1 Å². The minimum absolute atomic E-state index is 0.177. The van der Waals surface area contributed by atoms with E-state index in [4.69, 9.17) is 18.9 Å². The first-order valence-corrected chi connectivity index (χ1v) is 39.0. The molecule has 0 bridgehead atoms. The Kier molecular flexibility index (Phi) is 69.4. The Bertz CT molecular complexity index is 1660. The number of likely N-dealkylation sites (N-methyl/N-ethyl adjacent to an activating group) is 1. The second-order valence-corrected chi connectivity index (χ2v) is 27.7. The first-order chi connectivity index (χ1) is 44.1. The van der Waals surface area contributed by atoms with Gasteiger partial charge in [0.25, 0.3) is 6.29 Å². The smallest absolute Gasteiger partial charge is 0.361 e. The van der Waals surface area contributed by atoms with Crippen LogP contribution in [0.1, 0.15) is 380 Å². The zero-order valence-corrected chi connectivity index (χ0v) is 60.3. The van der Waals surface area contributed by atoms with E-state index in [0.29, 0.717) is 17.4 Å². The SMILES string of the molecule is CC/C=C\C/C=C\C/C=C\C/C=C\C/C=C\CCCCCCCCCCCCCCCCCCCCCC(=O)OC(COC(=O)CCCCCCCCCCCCCCCCCCCCCCCCCCCCCCCC)COC(OCC[N+](C)(C)C)C(=O)O. The van der Waals surface area contributed by atoms with Gasteiger partial charge in [-0.15, -0.1) is 0 Å². The van der Waals surface area contributed by atoms with Crippen molar-refractivity contribution in [3.63, 3.8) is 0 Å². The van der Waals surface area contributed by atoms with Gasteiger partial charge in [-0.1, -0.05) is 370 Å². The van der Waals surface area contributed by atoms with Gasteiger partial charge >= 0.3 is 17.9 Å². The van der Waals surface area contributed by atoms with Gasteiger partial charge in [0.15, 0.2) is 6.10 Å². The van der Waals surface area contributed by atoms with Crippen LogP contribution in [0.15, 0.2) is 60.8 Å². The van der Waals surface area contributed by atoms with Gasteiger partial charge in [-0.2, -0.15) is 0 Å². The average molecular weight is 1270 g/mol. The number of rotatable bonds is 73. The zero-order chi connectivity index (χ0) is 65.4. The number of carboxylic acid groups (broad SMARTS) is 1. The largest absolute Gasteiger partial charge is 0.477 e. The van der Waals surface area contributed by atoms with Crippen molar-refractivity contribution in [3.8, 4) is 0 Å². The molecule has 2 unspecified atom stereocenters. The molecule has 0 heterocycles. The van der Waals surface area contributed by atoms with Crippen LogP contribution in [0.2, 0.25) is 0 Å². The third kappa shape index (κ3) is 72.4. The van der Waals surface area contributed by atoms with E-state index in [1.165, 1.54) is 283 Å². The van der Waals surface area contributed by atoms with Crippen LogP contribution in [0.5, 0.6) is 0 Å². The maximum atomic E-state index is 13.0. The molecule has 0 spiro atoms. The fraction of sp³-hybridized carbons (Fsp3) is 0.840. The summed E-state index contributed by atoms with van der Waals surface area (Å²) in [6.45, 7) is 4.84.